The molecule has 0 aliphatic heterocycles. The highest BCUT2D eigenvalue weighted by atomic mass is 31.2. The van der Waals surface area contributed by atoms with Crippen LogP contribution in [0.3, 0.4) is 0 Å². The van der Waals surface area contributed by atoms with Crippen molar-refractivity contribution in [1.29, 1.82) is 0 Å². The normalized spacial score (nSPS) is 13.2. The Bertz CT molecular complexity index is 496. The number of carboxylic acid groups (broad SMARTS) is 1. The fraction of sp³-hybridized carbons (Fsp3) is 0.500. The van der Waals surface area contributed by atoms with E-state index >= 15 is 0 Å². The SMILES string of the molecule is CCOP(=O)(CC(O)c1cccnc1C(=O)O)OCC. The molecule has 1 rings (SSSR count). The third-order valence-electron chi connectivity index (χ3n) is 2.45. The van der Waals surface area contributed by atoms with Gasteiger partial charge in [0, 0.05) is 11.8 Å². The van der Waals surface area contributed by atoms with Crippen LogP contribution in [0.5, 0.6) is 0 Å². The predicted octanol–water partition coefficient (Wildman–Crippen LogP) is 2.08. The van der Waals surface area contributed by atoms with Gasteiger partial charge in [-0.05, 0) is 19.9 Å². The summed E-state index contributed by atoms with van der Waals surface area (Å²) >= 11 is 0. The minimum atomic E-state index is -3.46. The average Bonchev–Trinajstić information content (AvgIpc) is 2.38. The van der Waals surface area contributed by atoms with E-state index in [0.29, 0.717) is 0 Å². The van der Waals surface area contributed by atoms with Gasteiger partial charge in [0.05, 0.1) is 25.5 Å². The quantitative estimate of drug-likeness (QED) is 0.708. The summed E-state index contributed by atoms with van der Waals surface area (Å²) in [5, 5.41) is 19.1. The Morgan fingerprint density at radius 2 is 2.00 bits per heavy atom. The van der Waals surface area contributed by atoms with Crippen LogP contribution in [-0.2, 0) is 13.6 Å². The number of carbonyl (C=O) groups is 1. The first-order chi connectivity index (χ1) is 9.43. The van der Waals surface area contributed by atoms with Gasteiger partial charge in [0.25, 0.3) is 0 Å². The molecule has 0 saturated heterocycles. The molecule has 0 aliphatic carbocycles. The smallest absolute Gasteiger partial charge is 0.354 e. The van der Waals surface area contributed by atoms with Crippen molar-refractivity contribution in [3.8, 4) is 0 Å². The predicted molar refractivity (Wildman–Crippen MR) is 71.9 cm³/mol. The van der Waals surface area contributed by atoms with Gasteiger partial charge in [0.1, 0.15) is 0 Å². The van der Waals surface area contributed by atoms with E-state index in [1.165, 1.54) is 18.3 Å². The molecule has 1 unspecified atom stereocenters. The Morgan fingerprint density at radius 3 is 2.50 bits per heavy atom. The van der Waals surface area contributed by atoms with Crippen molar-refractivity contribution < 1.29 is 28.6 Å². The van der Waals surface area contributed by atoms with Crippen LogP contribution in [0.4, 0.5) is 0 Å². The molecule has 7 nitrogen and oxygen atoms in total. The molecule has 0 fully saturated rings. The summed E-state index contributed by atoms with van der Waals surface area (Å²) in [6.07, 6.45) is -0.302. The first-order valence-electron chi connectivity index (χ1n) is 6.18. The van der Waals surface area contributed by atoms with E-state index in [-0.39, 0.29) is 30.6 Å². The lowest BCUT2D eigenvalue weighted by molar-refractivity contribution is 0.0682. The summed E-state index contributed by atoms with van der Waals surface area (Å²) in [4.78, 5) is 14.7. The van der Waals surface area contributed by atoms with Crippen molar-refractivity contribution in [2.45, 2.75) is 20.0 Å². The van der Waals surface area contributed by atoms with Crippen molar-refractivity contribution >= 4 is 13.6 Å². The molecular weight excluding hydrogens is 285 g/mol. The Kier molecular flexibility index (Phi) is 6.29. The van der Waals surface area contributed by atoms with Crippen LogP contribution in [0, 0.1) is 0 Å². The maximum absolute atomic E-state index is 12.3. The Labute approximate surface area is 117 Å². The molecule has 0 aromatic carbocycles. The molecule has 8 heteroatoms. The highest BCUT2D eigenvalue weighted by Gasteiger charge is 2.30. The lowest BCUT2D eigenvalue weighted by atomic mass is 10.1. The lowest BCUT2D eigenvalue weighted by Crippen LogP contribution is -2.14. The molecule has 112 valence electrons. The topological polar surface area (TPSA) is 106 Å². The molecule has 0 radical (unpaired) electrons. The van der Waals surface area contributed by atoms with Gasteiger partial charge >= 0.3 is 13.6 Å². The molecule has 1 heterocycles. The van der Waals surface area contributed by atoms with Gasteiger partial charge < -0.3 is 19.3 Å². The van der Waals surface area contributed by atoms with Gasteiger partial charge in [-0.2, -0.15) is 0 Å². The molecule has 2 N–H and O–H groups in total. The van der Waals surface area contributed by atoms with E-state index < -0.39 is 19.7 Å². The summed E-state index contributed by atoms with van der Waals surface area (Å²) < 4.78 is 22.4. The second kappa shape index (κ2) is 7.50. The molecular formula is C12H18NO6P. The number of aliphatic hydroxyl groups is 1. The molecule has 20 heavy (non-hydrogen) atoms. The lowest BCUT2D eigenvalue weighted by Gasteiger charge is -2.20. The Morgan fingerprint density at radius 1 is 1.40 bits per heavy atom. The minimum Gasteiger partial charge on any atom is -0.477 e. The fourth-order valence-electron chi connectivity index (χ4n) is 1.71. The number of hydrogen-bond donors (Lipinski definition) is 2. The number of rotatable bonds is 8. The van der Waals surface area contributed by atoms with Crippen molar-refractivity contribution in [1.82, 2.24) is 4.98 Å². The summed E-state index contributed by atoms with van der Waals surface area (Å²) in [7, 11) is -3.46. The second-order valence-corrected chi connectivity index (χ2v) is 5.99. The Balaban J connectivity index is 2.97. The fourth-order valence-corrected chi connectivity index (χ4v) is 3.40. The standard InChI is InChI=1S/C12H18NO6P/c1-3-18-20(17,19-4-2)8-10(14)9-6-5-7-13-11(9)12(15)16/h5-7,10,14H,3-4,8H2,1-2H3,(H,15,16). The van der Waals surface area contributed by atoms with Gasteiger partial charge in [-0.3, -0.25) is 4.57 Å². The van der Waals surface area contributed by atoms with E-state index in [1.807, 2.05) is 0 Å². The highest BCUT2D eigenvalue weighted by molar-refractivity contribution is 7.53. The summed E-state index contributed by atoms with van der Waals surface area (Å²) in [5.74, 6) is -1.26. The van der Waals surface area contributed by atoms with E-state index in [0.717, 1.165) is 0 Å². The highest BCUT2D eigenvalue weighted by Crippen LogP contribution is 2.50. The van der Waals surface area contributed by atoms with E-state index in [2.05, 4.69) is 4.98 Å². The molecule has 1 atom stereocenters. The third kappa shape index (κ3) is 4.38. The first-order valence-corrected chi connectivity index (χ1v) is 7.90. The van der Waals surface area contributed by atoms with Crippen LogP contribution >= 0.6 is 7.60 Å². The van der Waals surface area contributed by atoms with Gasteiger partial charge in [-0.15, -0.1) is 0 Å². The maximum Gasteiger partial charge on any atom is 0.354 e. The summed E-state index contributed by atoms with van der Waals surface area (Å²) in [6.45, 7) is 3.65. The molecule has 0 aliphatic rings. The van der Waals surface area contributed by atoms with Crippen molar-refractivity contribution in [2.24, 2.45) is 0 Å². The molecule has 0 bridgehead atoms. The van der Waals surface area contributed by atoms with Crippen molar-refractivity contribution in [3.63, 3.8) is 0 Å². The molecule has 1 aromatic heterocycles. The number of pyridine rings is 1. The summed E-state index contributed by atoms with van der Waals surface area (Å²) in [6, 6.07) is 2.92. The van der Waals surface area contributed by atoms with Gasteiger partial charge in [-0.25, -0.2) is 9.78 Å². The van der Waals surface area contributed by atoms with Crippen molar-refractivity contribution in [2.75, 3.05) is 19.4 Å². The van der Waals surface area contributed by atoms with Crippen LogP contribution in [0.25, 0.3) is 0 Å². The van der Waals surface area contributed by atoms with Crippen LogP contribution in [-0.4, -0.2) is 40.5 Å². The van der Waals surface area contributed by atoms with Gasteiger partial charge in [0.2, 0.25) is 0 Å². The van der Waals surface area contributed by atoms with Gasteiger partial charge in [-0.1, -0.05) is 6.07 Å². The summed E-state index contributed by atoms with van der Waals surface area (Å²) in [5.41, 5.74) is -0.195. The molecule has 0 amide bonds. The third-order valence-corrected chi connectivity index (χ3v) is 4.54. The Hall–Kier alpha value is -1.27. The number of aliphatic hydroxyl groups excluding tert-OH is 1. The number of hydrogen-bond acceptors (Lipinski definition) is 6. The first kappa shape index (κ1) is 16.8. The van der Waals surface area contributed by atoms with E-state index in [9.17, 15) is 14.5 Å². The molecule has 0 spiro atoms. The zero-order valence-electron chi connectivity index (χ0n) is 11.4. The zero-order chi connectivity index (χ0) is 15.2. The van der Waals surface area contributed by atoms with Crippen LogP contribution in [0.1, 0.15) is 36.0 Å². The van der Waals surface area contributed by atoms with E-state index in [1.54, 1.807) is 13.8 Å². The monoisotopic (exact) mass is 303 g/mol. The van der Waals surface area contributed by atoms with Crippen LogP contribution in [0.2, 0.25) is 0 Å². The molecule has 0 saturated carbocycles. The zero-order valence-corrected chi connectivity index (χ0v) is 12.2. The van der Waals surface area contributed by atoms with Crippen LogP contribution < -0.4 is 0 Å². The second-order valence-electron chi connectivity index (χ2n) is 3.89. The maximum atomic E-state index is 12.3. The van der Waals surface area contributed by atoms with Crippen molar-refractivity contribution in [3.05, 3.63) is 29.6 Å². The van der Waals surface area contributed by atoms with E-state index in [4.69, 9.17) is 14.2 Å². The average molecular weight is 303 g/mol. The number of aromatic carboxylic acids is 1. The van der Waals surface area contributed by atoms with Crippen LogP contribution in [0.15, 0.2) is 18.3 Å². The number of aromatic nitrogens is 1. The largest absolute Gasteiger partial charge is 0.477 e. The minimum absolute atomic E-state index is 0.0830. The molecule has 1 aromatic rings. The number of carboxylic acids is 1. The number of nitrogens with zero attached hydrogens (tertiary/aromatic N) is 1. The van der Waals surface area contributed by atoms with Gasteiger partial charge in [0.15, 0.2) is 5.69 Å².